The van der Waals surface area contributed by atoms with E-state index in [1.807, 2.05) is 0 Å². The number of amides is 1. The van der Waals surface area contributed by atoms with E-state index in [1.165, 1.54) is 20.2 Å². The molecule has 0 atom stereocenters. The van der Waals surface area contributed by atoms with Gasteiger partial charge in [0, 0.05) is 26.2 Å². The summed E-state index contributed by atoms with van der Waals surface area (Å²) < 4.78 is 78.8. The lowest BCUT2D eigenvalue weighted by molar-refractivity contribution is -0.127. The highest BCUT2D eigenvalue weighted by molar-refractivity contribution is 7.90. The summed E-state index contributed by atoms with van der Waals surface area (Å²) in [4.78, 5) is 20.9. The predicted octanol–water partition coefficient (Wildman–Crippen LogP) is 2.58. The maximum absolute atomic E-state index is 14.3. The van der Waals surface area contributed by atoms with Crippen LogP contribution in [-0.4, -0.2) is 59.9 Å². The van der Waals surface area contributed by atoms with Crippen molar-refractivity contribution in [3.63, 3.8) is 0 Å². The van der Waals surface area contributed by atoms with Crippen molar-refractivity contribution in [3.8, 4) is 17.1 Å². The topological polar surface area (TPSA) is 179 Å². The summed E-state index contributed by atoms with van der Waals surface area (Å²) >= 11 is 0. The van der Waals surface area contributed by atoms with Crippen LogP contribution in [0.4, 0.5) is 29.1 Å². The van der Waals surface area contributed by atoms with Crippen molar-refractivity contribution in [2.75, 3.05) is 23.7 Å². The number of nitrogens with one attached hydrogen (secondary N) is 3. The number of aromatic amines is 1. The Morgan fingerprint density at radius 3 is 2.52 bits per heavy atom. The lowest BCUT2D eigenvalue weighted by Gasteiger charge is -2.20. The quantitative estimate of drug-likeness (QED) is 0.197. The Kier molecular flexibility index (Phi) is 7.53. The van der Waals surface area contributed by atoms with Gasteiger partial charge in [0.2, 0.25) is 0 Å². The predicted molar refractivity (Wildman–Crippen MR) is 137 cm³/mol. The summed E-state index contributed by atoms with van der Waals surface area (Å²) in [7, 11) is -1.51. The lowest BCUT2D eigenvalue weighted by atomic mass is 10.0. The van der Waals surface area contributed by atoms with E-state index >= 15 is 0 Å². The van der Waals surface area contributed by atoms with Crippen molar-refractivity contribution >= 4 is 38.7 Å². The second-order valence-electron chi connectivity index (χ2n) is 8.52. The van der Waals surface area contributed by atoms with E-state index < -0.39 is 45.8 Å². The van der Waals surface area contributed by atoms with Crippen LogP contribution in [0.3, 0.4) is 0 Å². The number of aromatic hydroxyl groups is 1. The maximum atomic E-state index is 14.3. The number of hydrogen-bond donors (Lipinski definition) is 5. The summed E-state index contributed by atoms with van der Waals surface area (Å²) in [6.45, 7) is -0.0979. The number of carbonyl (C=O) groups excluding carboxylic acids is 1. The van der Waals surface area contributed by atoms with Crippen LogP contribution in [0, 0.1) is 5.82 Å². The number of anilines is 2. The molecule has 0 saturated carbocycles. The van der Waals surface area contributed by atoms with Crippen LogP contribution in [-0.2, 0) is 23.2 Å². The van der Waals surface area contributed by atoms with Gasteiger partial charge in [0.05, 0.1) is 17.5 Å². The van der Waals surface area contributed by atoms with E-state index in [0.717, 1.165) is 4.31 Å². The van der Waals surface area contributed by atoms with E-state index in [1.54, 1.807) is 18.2 Å². The van der Waals surface area contributed by atoms with Crippen LogP contribution in [0.25, 0.3) is 22.4 Å². The molecule has 2 heterocycles. The first-order valence-corrected chi connectivity index (χ1v) is 12.8. The first-order valence-electron chi connectivity index (χ1n) is 11.3. The van der Waals surface area contributed by atoms with Gasteiger partial charge in [-0.05, 0) is 29.3 Å². The van der Waals surface area contributed by atoms with Crippen LogP contribution in [0.2, 0.25) is 0 Å². The summed E-state index contributed by atoms with van der Waals surface area (Å²) in [5.41, 5.74) is -0.423. The zero-order chi connectivity index (χ0) is 29.4. The fourth-order valence-electron chi connectivity index (χ4n) is 3.92. The molecule has 12 nitrogen and oxygen atoms in total. The molecule has 0 unspecified atom stereocenters. The van der Waals surface area contributed by atoms with Gasteiger partial charge in [-0.25, -0.2) is 19.5 Å². The Bertz CT molecular complexity index is 1710. The van der Waals surface area contributed by atoms with Crippen LogP contribution < -0.4 is 20.1 Å². The molecule has 17 heteroatoms. The van der Waals surface area contributed by atoms with Crippen LogP contribution in [0.15, 0.2) is 36.4 Å². The van der Waals surface area contributed by atoms with Gasteiger partial charge in [-0.15, -0.1) is 0 Å². The fraction of sp³-hybridized carbons (Fsp3) is 0.217. The zero-order valence-corrected chi connectivity index (χ0v) is 21.7. The van der Waals surface area contributed by atoms with Crippen molar-refractivity contribution in [1.29, 1.82) is 0 Å². The van der Waals surface area contributed by atoms with E-state index in [-0.39, 0.29) is 46.2 Å². The van der Waals surface area contributed by atoms with Gasteiger partial charge >= 0.3 is 6.18 Å². The van der Waals surface area contributed by atoms with Gasteiger partial charge in [-0.3, -0.25) is 14.2 Å². The molecule has 0 saturated heterocycles. The molecule has 6 N–H and O–H groups in total. The summed E-state index contributed by atoms with van der Waals surface area (Å²) in [5.74, 6) is -3.26. The molecule has 2 aromatic carbocycles. The Hall–Kier alpha value is -4.51. The van der Waals surface area contributed by atoms with Gasteiger partial charge in [-0.2, -0.15) is 26.7 Å². The standard InChI is InChI=1S/C23H22F4N8O4S/c1-29-22(37)18-17-20(30-10-11-5-3-4-6-15(11)35(2)40(28,38)39)31-19(32-21(17)34-33-18)13-8-14(24)16(36)7-12(13)9-23(25,26)27/h3-8,36H,9-10H2,1-2H3,(H,29,37)(H2,28,38,39)(H2,30,31,32,33,34). The van der Waals surface area contributed by atoms with Crippen molar-refractivity contribution in [1.82, 2.24) is 25.5 Å². The molecule has 2 aromatic heterocycles. The van der Waals surface area contributed by atoms with Gasteiger partial charge in [-0.1, -0.05) is 18.2 Å². The molecule has 4 rings (SSSR count). The molecule has 4 aromatic rings. The third kappa shape index (κ3) is 5.89. The first kappa shape index (κ1) is 28.5. The molecule has 40 heavy (non-hydrogen) atoms. The second-order valence-corrected chi connectivity index (χ2v) is 10.1. The summed E-state index contributed by atoms with van der Waals surface area (Å²) in [5, 5.41) is 26.8. The normalized spacial score (nSPS) is 12.0. The molecule has 0 aliphatic rings. The summed E-state index contributed by atoms with van der Waals surface area (Å²) in [6, 6.07) is 7.63. The van der Waals surface area contributed by atoms with E-state index in [2.05, 4.69) is 30.8 Å². The molecule has 1 amide bonds. The maximum Gasteiger partial charge on any atom is 0.393 e. The number of nitrogens with two attached hydrogens (primary N) is 1. The molecule has 212 valence electrons. The minimum atomic E-state index is -4.70. The van der Waals surface area contributed by atoms with Crippen molar-refractivity contribution < 1.29 is 35.9 Å². The molecular formula is C23H22F4N8O4S. The van der Waals surface area contributed by atoms with E-state index in [4.69, 9.17) is 5.14 Å². The second kappa shape index (κ2) is 10.6. The number of alkyl halides is 3. The highest BCUT2D eigenvalue weighted by Gasteiger charge is 2.31. The Balaban J connectivity index is 1.87. The van der Waals surface area contributed by atoms with E-state index in [0.29, 0.717) is 17.7 Å². The third-order valence-electron chi connectivity index (χ3n) is 5.82. The number of fused-ring (bicyclic) bond motifs is 1. The van der Waals surface area contributed by atoms with Crippen LogP contribution in [0.1, 0.15) is 21.6 Å². The Morgan fingerprint density at radius 2 is 1.88 bits per heavy atom. The number of phenolic OH excluding ortho intramolecular Hbond substituents is 1. The number of phenols is 1. The van der Waals surface area contributed by atoms with Crippen LogP contribution >= 0.6 is 0 Å². The van der Waals surface area contributed by atoms with Gasteiger partial charge < -0.3 is 15.7 Å². The largest absolute Gasteiger partial charge is 0.505 e. The van der Waals surface area contributed by atoms with Gasteiger partial charge in [0.25, 0.3) is 16.1 Å². The number of benzene rings is 2. The number of carbonyl (C=O) groups is 1. The average molecular weight is 583 g/mol. The molecule has 0 bridgehead atoms. The molecule has 0 fully saturated rings. The third-order valence-corrected chi connectivity index (χ3v) is 6.79. The molecule has 0 aliphatic heterocycles. The Labute approximate surface area is 224 Å². The minimum Gasteiger partial charge on any atom is -0.505 e. The smallest absolute Gasteiger partial charge is 0.393 e. The molecule has 0 spiro atoms. The molecule has 0 aliphatic carbocycles. The first-order chi connectivity index (χ1) is 18.7. The van der Waals surface area contributed by atoms with Gasteiger partial charge in [0.15, 0.2) is 28.7 Å². The van der Waals surface area contributed by atoms with Crippen molar-refractivity contribution in [2.24, 2.45) is 5.14 Å². The average Bonchev–Trinajstić information content (AvgIpc) is 3.31. The van der Waals surface area contributed by atoms with Gasteiger partial charge in [0.1, 0.15) is 5.82 Å². The molecular weight excluding hydrogens is 560 g/mol. The number of hydrogen-bond acceptors (Lipinski definition) is 8. The van der Waals surface area contributed by atoms with E-state index in [9.17, 15) is 35.9 Å². The minimum absolute atomic E-state index is 0.0625. The Morgan fingerprint density at radius 1 is 1.18 bits per heavy atom. The van der Waals surface area contributed by atoms with Crippen molar-refractivity contribution in [3.05, 3.63) is 59.0 Å². The highest BCUT2D eigenvalue weighted by Crippen LogP contribution is 2.35. The number of aromatic nitrogens is 4. The number of halogens is 4. The fourth-order valence-corrected chi connectivity index (χ4v) is 4.37. The number of H-pyrrole nitrogens is 1. The highest BCUT2D eigenvalue weighted by atomic mass is 32.2. The van der Waals surface area contributed by atoms with Crippen molar-refractivity contribution in [2.45, 2.75) is 19.1 Å². The van der Waals surface area contributed by atoms with Crippen LogP contribution in [0.5, 0.6) is 5.75 Å². The lowest BCUT2D eigenvalue weighted by Crippen LogP contribution is -2.33. The number of rotatable bonds is 8. The monoisotopic (exact) mass is 582 g/mol. The SMILES string of the molecule is CNC(=O)c1n[nH]c2nc(-c3cc(F)c(O)cc3CC(F)(F)F)nc(NCc3ccccc3N(C)S(N)(=O)=O)c12. The number of para-hydroxylation sites is 1. The number of nitrogens with zero attached hydrogens (tertiary/aromatic N) is 4. The zero-order valence-electron chi connectivity index (χ0n) is 20.8. The summed E-state index contributed by atoms with van der Waals surface area (Å²) in [6.07, 6.45) is -6.22. The molecule has 0 radical (unpaired) electrons.